The van der Waals surface area contributed by atoms with Crippen LogP contribution >= 0.6 is 22.9 Å². The maximum absolute atomic E-state index is 12.5. The van der Waals surface area contributed by atoms with Crippen LogP contribution in [0.5, 0.6) is 0 Å². The maximum atomic E-state index is 12.5. The van der Waals surface area contributed by atoms with Crippen molar-refractivity contribution in [3.63, 3.8) is 0 Å². The standard InChI is InChI=1S/C14H15ClN2O2S/c1-19-8-7-17(10-11-4-3-9-20-11)14(18)12-5-2-6-16-13(12)15/h2-6,9H,7-8,10H2,1H3. The lowest BCUT2D eigenvalue weighted by molar-refractivity contribution is 0.0682. The molecule has 1 amide bonds. The molecule has 106 valence electrons. The van der Waals surface area contributed by atoms with Gasteiger partial charge in [-0.15, -0.1) is 11.3 Å². The molecule has 2 aromatic rings. The third-order valence-corrected chi connectivity index (χ3v) is 3.93. The molecular formula is C14H15ClN2O2S. The summed E-state index contributed by atoms with van der Waals surface area (Å²) in [4.78, 5) is 19.3. The van der Waals surface area contributed by atoms with E-state index in [1.165, 1.54) is 0 Å². The van der Waals surface area contributed by atoms with Crippen LogP contribution in [-0.4, -0.2) is 36.1 Å². The van der Waals surface area contributed by atoms with Crippen molar-refractivity contribution in [1.82, 2.24) is 9.88 Å². The molecular weight excluding hydrogens is 296 g/mol. The molecule has 0 atom stereocenters. The van der Waals surface area contributed by atoms with Crippen LogP contribution in [0.15, 0.2) is 35.8 Å². The van der Waals surface area contributed by atoms with Crippen molar-refractivity contribution < 1.29 is 9.53 Å². The van der Waals surface area contributed by atoms with E-state index in [2.05, 4.69) is 4.98 Å². The Morgan fingerprint density at radius 1 is 1.45 bits per heavy atom. The molecule has 2 aromatic heterocycles. The van der Waals surface area contributed by atoms with E-state index in [-0.39, 0.29) is 11.1 Å². The van der Waals surface area contributed by atoms with Crippen LogP contribution in [0.25, 0.3) is 0 Å². The van der Waals surface area contributed by atoms with Gasteiger partial charge in [0.05, 0.1) is 18.7 Å². The van der Waals surface area contributed by atoms with Gasteiger partial charge in [-0.1, -0.05) is 17.7 Å². The van der Waals surface area contributed by atoms with Gasteiger partial charge in [0.1, 0.15) is 5.15 Å². The highest BCUT2D eigenvalue weighted by molar-refractivity contribution is 7.09. The predicted octanol–water partition coefficient (Wildman–Crippen LogP) is 3.09. The molecule has 4 nitrogen and oxygen atoms in total. The highest BCUT2D eigenvalue weighted by Gasteiger charge is 2.19. The summed E-state index contributed by atoms with van der Waals surface area (Å²) in [6.07, 6.45) is 1.57. The lowest BCUT2D eigenvalue weighted by Crippen LogP contribution is -2.33. The smallest absolute Gasteiger partial charge is 0.257 e. The van der Waals surface area contributed by atoms with Crippen molar-refractivity contribution in [2.45, 2.75) is 6.54 Å². The minimum Gasteiger partial charge on any atom is -0.383 e. The number of carbonyl (C=O) groups is 1. The third-order valence-electron chi connectivity index (χ3n) is 2.77. The van der Waals surface area contributed by atoms with Crippen molar-refractivity contribution in [1.29, 1.82) is 0 Å². The van der Waals surface area contributed by atoms with Gasteiger partial charge in [0.2, 0.25) is 0 Å². The largest absolute Gasteiger partial charge is 0.383 e. The molecule has 0 fully saturated rings. The summed E-state index contributed by atoms with van der Waals surface area (Å²) in [5.74, 6) is -0.131. The SMILES string of the molecule is COCCN(Cc1cccs1)C(=O)c1cccnc1Cl. The zero-order chi connectivity index (χ0) is 14.4. The van der Waals surface area contributed by atoms with Crippen molar-refractivity contribution in [2.24, 2.45) is 0 Å². The predicted molar refractivity (Wildman–Crippen MR) is 80.2 cm³/mol. The molecule has 6 heteroatoms. The van der Waals surface area contributed by atoms with Crippen LogP contribution < -0.4 is 0 Å². The molecule has 0 saturated heterocycles. The molecule has 0 aliphatic rings. The molecule has 0 radical (unpaired) electrons. The number of nitrogens with zero attached hydrogens (tertiary/aromatic N) is 2. The van der Waals surface area contributed by atoms with E-state index in [9.17, 15) is 4.79 Å². The Hall–Kier alpha value is -1.43. The second-order valence-electron chi connectivity index (χ2n) is 4.14. The molecule has 0 bridgehead atoms. The molecule has 0 spiro atoms. The Kier molecular flexibility index (Phi) is 5.52. The van der Waals surface area contributed by atoms with Crippen molar-refractivity contribution in [2.75, 3.05) is 20.3 Å². The number of aromatic nitrogens is 1. The monoisotopic (exact) mass is 310 g/mol. The Balaban J connectivity index is 2.17. The van der Waals surface area contributed by atoms with Crippen molar-refractivity contribution in [3.05, 3.63) is 51.4 Å². The number of methoxy groups -OCH3 is 1. The number of carbonyl (C=O) groups excluding carboxylic acids is 1. The van der Waals surface area contributed by atoms with Gasteiger partial charge in [0, 0.05) is 24.7 Å². The molecule has 2 heterocycles. The number of thiophene rings is 1. The summed E-state index contributed by atoms with van der Waals surface area (Å²) in [5.41, 5.74) is 0.418. The van der Waals surface area contributed by atoms with E-state index in [1.807, 2.05) is 17.5 Å². The molecule has 0 unspecified atom stereocenters. The van der Waals surface area contributed by atoms with Gasteiger partial charge in [-0.2, -0.15) is 0 Å². The van der Waals surface area contributed by atoms with E-state index in [0.29, 0.717) is 25.3 Å². The van der Waals surface area contributed by atoms with Gasteiger partial charge >= 0.3 is 0 Å². The molecule has 0 aliphatic carbocycles. The fourth-order valence-corrected chi connectivity index (χ4v) is 2.68. The maximum Gasteiger partial charge on any atom is 0.257 e. The first-order valence-corrected chi connectivity index (χ1v) is 7.39. The fourth-order valence-electron chi connectivity index (χ4n) is 1.76. The topological polar surface area (TPSA) is 42.4 Å². The average Bonchev–Trinajstić information content (AvgIpc) is 2.96. The van der Waals surface area contributed by atoms with Crippen LogP contribution in [0.1, 0.15) is 15.2 Å². The molecule has 0 aliphatic heterocycles. The number of ether oxygens (including phenoxy) is 1. The van der Waals surface area contributed by atoms with E-state index in [4.69, 9.17) is 16.3 Å². The van der Waals surface area contributed by atoms with Gasteiger partial charge in [-0.25, -0.2) is 4.98 Å². The van der Waals surface area contributed by atoms with E-state index in [0.717, 1.165) is 4.88 Å². The summed E-state index contributed by atoms with van der Waals surface area (Å²) >= 11 is 7.61. The molecule has 0 saturated carbocycles. The summed E-state index contributed by atoms with van der Waals surface area (Å²) in [6.45, 7) is 1.54. The number of hydrogen-bond acceptors (Lipinski definition) is 4. The summed E-state index contributed by atoms with van der Waals surface area (Å²) in [5, 5.41) is 2.22. The lowest BCUT2D eigenvalue weighted by atomic mass is 10.2. The van der Waals surface area contributed by atoms with Crippen LogP contribution in [-0.2, 0) is 11.3 Å². The van der Waals surface area contributed by atoms with E-state index in [1.54, 1.807) is 41.7 Å². The first kappa shape index (κ1) is 15.0. The normalized spacial score (nSPS) is 10.5. The first-order valence-electron chi connectivity index (χ1n) is 6.13. The number of amides is 1. The zero-order valence-corrected chi connectivity index (χ0v) is 12.7. The lowest BCUT2D eigenvalue weighted by Gasteiger charge is -2.22. The Morgan fingerprint density at radius 3 is 2.95 bits per heavy atom. The highest BCUT2D eigenvalue weighted by Crippen LogP contribution is 2.18. The van der Waals surface area contributed by atoms with Gasteiger partial charge in [0.15, 0.2) is 0 Å². The van der Waals surface area contributed by atoms with Crippen molar-refractivity contribution in [3.8, 4) is 0 Å². The van der Waals surface area contributed by atoms with Crippen LogP contribution in [0.2, 0.25) is 5.15 Å². The Morgan fingerprint density at radius 2 is 2.30 bits per heavy atom. The number of pyridine rings is 1. The second kappa shape index (κ2) is 7.38. The molecule has 20 heavy (non-hydrogen) atoms. The quantitative estimate of drug-likeness (QED) is 0.770. The average molecular weight is 311 g/mol. The van der Waals surface area contributed by atoms with E-state index < -0.39 is 0 Å². The summed E-state index contributed by atoms with van der Waals surface area (Å²) < 4.78 is 5.07. The summed E-state index contributed by atoms with van der Waals surface area (Å²) in [6, 6.07) is 7.36. The molecule has 0 N–H and O–H groups in total. The number of halogens is 1. The Bertz CT molecular complexity index is 560. The number of rotatable bonds is 6. The first-order chi connectivity index (χ1) is 9.72. The molecule has 0 aromatic carbocycles. The van der Waals surface area contributed by atoms with Gasteiger partial charge in [-0.3, -0.25) is 4.79 Å². The second-order valence-corrected chi connectivity index (χ2v) is 5.53. The number of hydrogen-bond donors (Lipinski definition) is 0. The zero-order valence-electron chi connectivity index (χ0n) is 11.1. The van der Waals surface area contributed by atoms with Crippen LogP contribution in [0, 0.1) is 0 Å². The van der Waals surface area contributed by atoms with Gasteiger partial charge < -0.3 is 9.64 Å². The van der Waals surface area contributed by atoms with Crippen molar-refractivity contribution >= 4 is 28.8 Å². The van der Waals surface area contributed by atoms with Crippen LogP contribution in [0.4, 0.5) is 0 Å². The van der Waals surface area contributed by atoms with Gasteiger partial charge in [0.25, 0.3) is 5.91 Å². The summed E-state index contributed by atoms with van der Waals surface area (Å²) in [7, 11) is 1.62. The third kappa shape index (κ3) is 3.79. The van der Waals surface area contributed by atoms with Crippen LogP contribution in [0.3, 0.4) is 0 Å². The van der Waals surface area contributed by atoms with E-state index >= 15 is 0 Å². The molecule has 2 rings (SSSR count). The highest BCUT2D eigenvalue weighted by atomic mass is 35.5. The van der Waals surface area contributed by atoms with Gasteiger partial charge in [-0.05, 0) is 23.6 Å². The fraction of sp³-hybridized carbons (Fsp3) is 0.286. The minimum atomic E-state index is -0.131. The Labute approximate surface area is 127 Å². The minimum absolute atomic E-state index is 0.131.